The Kier molecular flexibility index (Phi) is 9.95. The Balaban J connectivity index is 1.69. The van der Waals surface area contributed by atoms with E-state index in [-0.39, 0.29) is 17.5 Å². The number of amides is 1. The molecule has 11 nitrogen and oxygen atoms in total. The summed E-state index contributed by atoms with van der Waals surface area (Å²) in [5.74, 6) is 1.64. The molecule has 41 heavy (non-hydrogen) atoms. The number of benzene rings is 1. The molecule has 0 unspecified atom stereocenters. The van der Waals surface area contributed by atoms with Crippen LogP contribution in [0.25, 0.3) is 22.2 Å². The van der Waals surface area contributed by atoms with Crippen LogP contribution < -0.4 is 20.3 Å². The van der Waals surface area contributed by atoms with Crippen molar-refractivity contribution < 1.29 is 19.0 Å². The molecule has 1 aliphatic rings. The van der Waals surface area contributed by atoms with Crippen LogP contribution in [0, 0.1) is 6.92 Å². The van der Waals surface area contributed by atoms with E-state index in [0.29, 0.717) is 54.9 Å². The molecule has 1 amide bonds. The van der Waals surface area contributed by atoms with E-state index < -0.39 is 0 Å². The summed E-state index contributed by atoms with van der Waals surface area (Å²) in [6, 6.07) is 5.50. The third-order valence-corrected chi connectivity index (χ3v) is 7.41. The van der Waals surface area contributed by atoms with E-state index >= 15 is 0 Å². The first-order chi connectivity index (χ1) is 19.8. The molecule has 0 radical (unpaired) electrons. The van der Waals surface area contributed by atoms with Gasteiger partial charge in [0.15, 0.2) is 0 Å². The number of methoxy groups -OCH3 is 3. The van der Waals surface area contributed by atoms with Crippen molar-refractivity contribution in [3.8, 4) is 22.6 Å². The Hall–Kier alpha value is -3.96. The molecule has 1 saturated heterocycles. The predicted molar refractivity (Wildman–Crippen MR) is 160 cm³/mol. The van der Waals surface area contributed by atoms with E-state index in [1.165, 1.54) is 6.08 Å². The maximum Gasteiger partial charge on any atom is 0.260 e. The molecule has 1 N–H and O–H groups in total. The van der Waals surface area contributed by atoms with Crippen LogP contribution in [0.5, 0.6) is 11.5 Å². The number of aryl methyl sites for hydroxylation is 1. The summed E-state index contributed by atoms with van der Waals surface area (Å²) < 4.78 is 18.0. The van der Waals surface area contributed by atoms with Crippen molar-refractivity contribution in [2.75, 3.05) is 66.0 Å². The SMILES string of the molecule is C=CC(=O)N1CCN(CCCn2c(=O)c(-c3cc(OC)cc(OC)c3C)cc3cnc(N[C@@H](C)COC)nc32)CC1. The van der Waals surface area contributed by atoms with Gasteiger partial charge in [-0.05, 0) is 56.1 Å². The van der Waals surface area contributed by atoms with Gasteiger partial charge in [-0.1, -0.05) is 6.58 Å². The number of pyridine rings is 1. The van der Waals surface area contributed by atoms with Crippen molar-refractivity contribution in [3.63, 3.8) is 0 Å². The van der Waals surface area contributed by atoms with Crippen LogP contribution in [0.3, 0.4) is 0 Å². The van der Waals surface area contributed by atoms with Crippen LogP contribution >= 0.6 is 0 Å². The van der Waals surface area contributed by atoms with E-state index in [9.17, 15) is 9.59 Å². The molecule has 220 valence electrons. The summed E-state index contributed by atoms with van der Waals surface area (Å²) in [5.41, 5.74) is 2.53. The normalized spacial score (nSPS) is 14.6. The Morgan fingerprint density at radius 3 is 2.51 bits per heavy atom. The number of fused-ring (bicyclic) bond motifs is 1. The minimum absolute atomic E-state index is 0.00423. The van der Waals surface area contributed by atoms with Crippen LogP contribution in [0.1, 0.15) is 18.9 Å². The third-order valence-electron chi connectivity index (χ3n) is 7.41. The molecule has 3 heterocycles. The quantitative estimate of drug-likeness (QED) is 0.332. The minimum atomic E-state index is -0.146. The van der Waals surface area contributed by atoms with Gasteiger partial charge in [-0.25, -0.2) is 4.98 Å². The molecule has 1 atom stereocenters. The monoisotopic (exact) mass is 564 g/mol. The molecule has 0 spiro atoms. The Morgan fingerprint density at radius 2 is 1.85 bits per heavy atom. The van der Waals surface area contributed by atoms with E-state index in [4.69, 9.17) is 19.2 Å². The summed E-state index contributed by atoms with van der Waals surface area (Å²) in [7, 11) is 4.84. The van der Waals surface area contributed by atoms with Gasteiger partial charge in [0.2, 0.25) is 11.9 Å². The molecule has 11 heteroatoms. The average Bonchev–Trinajstić information content (AvgIpc) is 2.98. The van der Waals surface area contributed by atoms with Crippen molar-refractivity contribution in [2.24, 2.45) is 0 Å². The van der Waals surface area contributed by atoms with Crippen LogP contribution in [-0.4, -0.2) is 96.9 Å². The first-order valence-corrected chi connectivity index (χ1v) is 13.8. The molecule has 0 saturated carbocycles. The van der Waals surface area contributed by atoms with Gasteiger partial charge >= 0.3 is 0 Å². The molecule has 1 fully saturated rings. The molecule has 3 aromatic rings. The Labute approximate surface area is 240 Å². The van der Waals surface area contributed by atoms with E-state index in [0.717, 1.165) is 42.6 Å². The highest BCUT2D eigenvalue weighted by Crippen LogP contribution is 2.34. The lowest BCUT2D eigenvalue weighted by Crippen LogP contribution is -2.48. The maximum atomic E-state index is 14.1. The number of carbonyl (C=O) groups is 1. The first-order valence-electron chi connectivity index (χ1n) is 13.8. The number of carbonyl (C=O) groups excluding carboxylic acids is 1. The van der Waals surface area contributed by atoms with Crippen molar-refractivity contribution in [1.29, 1.82) is 0 Å². The third kappa shape index (κ3) is 6.86. The van der Waals surface area contributed by atoms with Gasteiger partial charge < -0.3 is 24.4 Å². The standard InChI is InChI=1S/C30H40N6O5/c1-7-27(37)35-13-11-34(12-14-35)9-8-10-36-28-22(18-31-30(33-28)32-20(2)19-39-4)15-25(29(36)38)24-16-23(40-5)17-26(41-6)21(24)3/h7,15-18,20H,1,8-14,19H2,2-6H3,(H,31,32,33)/t20-/m0/s1. The van der Waals surface area contributed by atoms with Crippen molar-refractivity contribution in [3.05, 3.63) is 53.0 Å². The predicted octanol–water partition coefficient (Wildman–Crippen LogP) is 2.95. The molecule has 0 bridgehead atoms. The largest absolute Gasteiger partial charge is 0.497 e. The van der Waals surface area contributed by atoms with Crippen molar-refractivity contribution >= 4 is 22.9 Å². The average molecular weight is 565 g/mol. The molecule has 1 aliphatic heterocycles. The van der Waals surface area contributed by atoms with Gasteiger partial charge in [0.1, 0.15) is 17.1 Å². The summed E-state index contributed by atoms with van der Waals surface area (Å²) in [6.45, 7) is 12.2. The highest BCUT2D eigenvalue weighted by atomic mass is 16.5. The second-order valence-electron chi connectivity index (χ2n) is 10.2. The number of piperazine rings is 1. The fourth-order valence-corrected chi connectivity index (χ4v) is 5.19. The lowest BCUT2D eigenvalue weighted by molar-refractivity contribution is -0.127. The number of nitrogens with zero attached hydrogens (tertiary/aromatic N) is 5. The van der Waals surface area contributed by atoms with Crippen LogP contribution in [0.15, 0.2) is 41.8 Å². The minimum Gasteiger partial charge on any atom is -0.497 e. The zero-order valence-corrected chi connectivity index (χ0v) is 24.6. The molecule has 1 aromatic carbocycles. The zero-order chi connectivity index (χ0) is 29.5. The number of rotatable bonds is 12. The van der Waals surface area contributed by atoms with Gasteiger partial charge in [-0.15, -0.1) is 0 Å². The summed E-state index contributed by atoms with van der Waals surface area (Å²) in [6.07, 6.45) is 3.84. The van der Waals surface area contributed by atoms with E-state index in [2.05, 4.69) is 21.8 Å². The van der Waals surface area contributed by atoms with Crippen molar-refractivity contribution in [2.45, 2.75) is 32.9 Å². The van der Waals surface area contributed by atoms with Gasteiger partial charge in [-0.3, -0.25) is 19.1 Å². The van der Waals surface area contributed by atoms with Gasteiger partial charge in [0.05, 0.1) is 20.8 Å². The number of nitrogens with one attached hydrogen (secondary N) is 1. The Morgan fingerprint density at radius 1 is 1.10 bits per heavy atom. The van der Waals surface area contributed by atoms with E-state index in [1.54, 1.807) is 32.1 Å². The second-order valence-corrected chi connectivity index (χ2v) is 10.2. The molecule has 2 aromatic heterocycles. The fourth-order valence-electron chi connectivity index (χ4n) is 5.19. The lowest BCUT2D eigenvalue weighted by atomic mass is 9.99. The number of anilines is 1. The lowest BCUT2D eigenvalue weighted by Gasteiger charge is -2.34. The van der Waals surface area contributed by atoms with Crippen LogP contribution in [0.2, 0.25) is 0 Å². The number of hydrogen-bond acceptors (Lipinski definition) is 9. The molecule has 4 rings (SSSR count). The maximum absolute atomic E-state index is 14.1. The summed E-state index contributed by atoms with van der Waals surface area (Å²) in [5, 5.41) is 4.00. The smallest absolute Gasteiger partial charge is 0.260 e. The van der Waals surface area contributed by atoms with Crippen LogP contribution in [-0.2, 0) is 16.1 Å². The summed E-state index contributed by atoms with van der Waals surface area (Å²) >= 11 is 0. The van der Waals surface area contributed by atoms with Crippen LogP contribution in [0.4, 0.5) is 5.95 Å². The van der Waals surface area contributed by atoms with Gasteiger partial charge in [-0.2, -0.15) is 4.98 Å². The van der Waals surface area contributed by atoms with E-state index in [1.807, 2.05) is 36.9 Å². The highest BCUT2D eigenvalue weighted by molar-refractivity contribution is 5.87. The highest BCUT2D eigenvalue weighted by Gasteiger charge is 2.21. The van der Waals surface area contributed by atoms with Gasteiger partial charge in [0.25, 0.3) is 5.56 Å². The molecular formula is C30H40N6O5. The molecule has 0 aliphatic carbocycles. The zero-order valence-electron chi connectivity index (χ0n) is 24.6. The number of ether oxygens (including phenoxy) is 3. The topological polar surface area (TPSA) is 111 Å². The van der Waals surface area contributed by atoms with Crippen molar-refractivity contribution in [1.82, 2.24) is 24.3 Å². The number of hydrogen-bond donors (Lipinski definition) is 1. The Bertz CT molecular complexity index is 1450. The molecular weight excluding hydrogens is 524 g/mol. The summed E-state index contributed by atoms with van der Waals surface area (Å²) in [4.78, 5) is 39.4. The van der Waals surface area contributed by atoms with Gasteiger partial charge in [0, 0.05) is 69.1 Å². The first kappa shape index (κ1) is 30.0. The number of aromatic nitrogens is 3. The fraction of sp³-hybridized carbons (Fsp3) is 0.467. The second kappa shape index (κ2) is 13.6.